The first kappa shape index (κ1) is 33.1. The van der Waals surface area contributed by atoms with Gasteiger partial charge in [0.2, 0.25) is 6.10 Å². The summed E-state index contributed by atoms with van der Waals surface area (Å²) in [7, 11) is 1.00. The molecule has 0 aliphatic heterocycles. The van der Waals surface area contributed by atoms with Crippen molar-refractivity contribution in [2.45, 2.75) is 24.4 Å². The Morgan fingerprint density at radius 1 is 0.543 bits per heavy atom. The van der Waals surface area contributed by atoms with Gasteiger partial charge in [-0.05, 0) is 48.5 Å². The third kappa shape index (κ3) is 8.87. The molecule has 4 aromatic carbocycles. The molecular weight excluding hydrogens is 596 g/mol. The lowest BCUT2D eigenvalue weighted by molar-refractivity contribution is -0.169. The van der Waals surface area contributed by atoms with Crippen LogP contribution in [0.25, 0.3) is 0 Å². The van der Waals surface area contributed by atoms with Gasteiger partial charge in [0.25, 0.3) is 0 Å². The highest BCUT2D eigenvalue weighted by Gasteiger charge is 2.46. The van der Waals surface area contributed by atoms with Gasteiger partial charge in [-0.25, -0.2) is 24.0 Å². The molecule has 4 atom stereocenters. The minimum absolute atomic E-state index is 0.0334. The van der Waals surface area contributed by atoms with Crippen molar-refractivity contribution in [1.82, 2.24) is 0 Å². The summed E-state index contributed by atoms with van der Waals surface area (Å²) in [6.45, 7) is -0.743. The van der Waals surface area contributed by atoms with Crippen LogP contribution in [0.15, 0.2) is 121 Å². The van der Waals surface area contributed by atoms with E-state index in [-0.39, 0.29) is 22.3 Å². The van der Waals surface area contributed by atoms with Crippen molar-refractivity contribution in [3.8, 4) is 0 Å². The molecule has 1 N–H and O–H groups in total. The molecule has 0 aliphatic rings. The first-order valence-electron chi connectivity index (χ1n) is 14.0. The summed E-state index contributed by atoms with van der Waals surface area (Å²) in [6, 6.07) is 30.9. The molecule has 11 heteroatoms. The Morgan fingerprint density at radius 2 is 0.913 bits per heavy atom. The maximum atomic E-state index is 13.2. The first-order chi connectivity index (χ1) is 22.3. The van der Waals surface area contributed by atoms with Crippen LogP contribution in [0.3, 0.4) is 0 Å². The van der Waals surface area contributed by atoms with Crippen molar-refractivity contribution in [3.05, 3.63) is 144 Å². The summed E-state index contributed by atoms with van der Waals surface area (Å²) in [5, 5.41) is 11.7. The Balaban J connectivity index is 1.70. The summed E-state index contributed by atoms with van der Waals surface area (Å²) in [5.74, 6) is -4.94. The fourth-order valence-corrected chi connectivity index (χ4v) is 4.21. The van der Waals surface area contributed by atoms with Crippen molar-refractivity contribution in [2.75, 3.05) is 13.7 Å². The second kappa shape index (κ2) is 16.3. The predicted molar refractivity (Wildman–Crippen MR) is 162 cm³/mol. The average molecular weight is 627 g/mol. The monoisotopic (exact) mass is 626 g/mol. The van der Waals surface area contributed by atoms with Crippen molar-refractivity contribution >= 4 is 29.8 Å². The average Bonchev–Trinajstić information content (AvgIpc) is 3.11. The second-order valence-corrected chi connectivity index (χ2v) is 9.72. The summed E-state index contributed by atoms with van der Waals surface area (Å²) >= 11 is 0. The van der Waals surface area contributed by atoms with Crippen LogP contribution in [-0.4, -0.2) is 73.1 Å². The van der Waals surface area contributed by atoms with Crippen molar-refractivity contribution < 1.29 is 52.8 Å². The Bertz CT molecular complexity index is 1610. The van der Waals surface area contributed by atoms with E-state index in [2.05, 4.69) is 0 Å². The third-order valence-corrected chi connectivity index (χ3v) is 6.60. The van der Waals surface area contributed by atoms with Gasteiger partial charge < -0.3 is 28.8 Å². The van der Waals surface area contributed by atoms with Crippen LogP contribution in [0, 0.1) is 0 Å². The van der Waals surface area contributed by atoms with Crippen LogP contribution in [0.2, 0.25) is 0 Å². The van der Waals surface area contributed by atoms with Gasteiger partial charge in [0, 0.05) is 0 Å². The lowest BCUT2D eigenvalue weighted by Crippen LogP contribution is -2.54. The number of rotatable bonds is 13. The zero-order valence-electron chi connectivity index (χ0n) is 24.6. The number of methoxy groups -OCH3 is 1. The van der Waals surface area contributed by atoms with Crippen LogP contribution in [0.4, 0.5) is 0 Å². The molecule has 0 amide bonds. The molecule has 0 aromatic heterocycles. The van der Waals surface area contributed by atoms with E-state index < -0.39 is 60.9 Å². The smallest absolute Gasteiger partial charge is 0.351 e. The number of benzene rings is 4. The highest BCUT2D eigenvalue weighted by Crippen LogP contribution is 2.21. The molecule has 0 unspecified atom stereocenters. The molecule has 0 spiro atoms. The second-order valence-electron chi connectivity index (χ2n) is 9.72. The fraction of sp³-hybridized carbons (Fsp3) is 0.171. The van der Waals surface area contributed by atoms with Gasteiger partial charge in [-0.3, -0.25) is 0 Å². The predicted octanol–water partition coefficient (Wildman–Crippen LogP) is 4.05. The molecule has 0 saturated carbocycles. The molecule has 11 nitrogen and oxygen atoms in total. The van der Waals surface area contributed by atoms with E-state index in [0.717, 1.165) is 7.11 Å². The zero-order valence-corrected chi connectivity index (χ0v) is 24.6. The molecule has 0 aliphatic carbocycles. The topological polar surface area (TPSA) is 152 Å². The Kier molecular flexibility index (Phi) is 11.7. The van der Waals surface area contributed by atoms with Crippen molar-refractivity contribution in [2.24, 2.45) is 0 Å². The number of hydrogen-bond donors (Lipinski definition) is 1. The van der Waals surface area contributed by atoms with E-state index in [1.54, 1.807) is 72.8 Å². The number of carbonyl (C=O) groups excluding carboxylic acids is 5. The molecule has 0 fully saturated rings. The van der Waals surface area contributed by atoms with E-state index >= 15 is 0 Å². The summed E-state index contributed by atoms with van der Waals surface area (Å²) in [6.07, 6.45) is -7.91. The van der Waals surface area contributed by atoms with Gasteiger partial charge in [-0.1, -0.05) is 72.8 Å². The standard InChI is InChI=1S/C35H30O11/c1-42-35(41)30(46-34(40)26-20-12-5-13-21-26)29(45-33(39)25-18-10-4-11-19-25)28(36)27(44-32(38)24-16-8-3-9-17-24)22-43-31(37)23-14-6-2-7-15-23/h2-21,27-30,36H,22H2,1H3/t27-,28-,29+,30-/m1/s1. The van der Waals surface area contributed by atoms with E-state index in [1.165, 1.54) is 48.5 Å². The summed E-state index contributed by atoms with van der Waals surface area (Å²) in [5.41, 5.74) is 0.335. The molecule has 46 heavy (non-hydrogen) atoms. The number of aliphatic hydroxyl groups excluding tert-OH is 1. The minimum Gasteiger partial charge on any atom is -0.466 e. The Hall–Kier alpha value is -5.81. The van der Waals surface area contributed by atoms with Crippen LogP contribution in [0.1, 0.15) is 41.4 Å². The molecule has 0 heterocycles. The highest BCUT2D eigenvalue weighted by atomic mass is 16.6. The largest absolute Gasteiger partial charge is 0.466 e. The van der Waals surface area contributed by atoms with Crippen LogP contribution >= 0.6 is 0 Å². The number of esters is 5. The maximum absolute atomic E-state index is 13.2. The Morgan fingerprint density at radius 3 is 1.33 bits per heavy atom. The van der Waals surface area contributed by atoms with Crippen LogP contribution in [0.5, 0.6) is 0 Å². The number of ether oxygens (including phenoxy) is 5. The molecule has 236 valence electrons. The Labute approximate surface area is 264 Å². The van der Waals surface area contributed by atoms with Crippen LogP contribution < -0.4 is 0 Å². The quantitative estimate of drug-likeness (QED) is 0.169. The first-order valence-corrected chi connectivity index (χ1v) is 14.0. The van der Waals surface area contributed by atoms with Crippen LogP contribution in [-0.2, 0) is 28.5 Å². The summed E-state index contributed by atoms with van der Waals surface area (Å²) in [4.78, 5) is 65.2. The molecule has 0 radical (unpaired) electrons. The SMILES string of the molecule is COC(=O)[C@H](OC(=O)c1ccccc1)[C@@H](OC(=O)c1ccccc1)[C@H](O)[C@@H](COC(=O)c1ccccc1)OC(=O)c1ccccc1. The van der Waals surface area contributed by atoms with E-state index in [9.17, 15) is 29.1 Å². The zero-order chi connectivity index (χ0) is 32.9. The van der Waals surface area contributed by atoms with Crippen molar-refractivity contribution in [3.63, 3.8) is 0 Å². The highest BCUT2D eigenvalue weighted by molar-refractivity contribution is 5.93. The van der Waals surface area contributed by atoms with Crippen molar-refractivity contribution in [1.29, 1.82) is 0 Å². The van der Waals surface area contributed by atoms with Gasteiger partial charge in [-0.15, -0.1) is 0 Å². The van der Waals surface area contributed by atoms with E-state index in [0.29, 0.717) is 0 Å². The summed E-state index contributed by atoms with van der Waals surface area (Å²) < 4.78 is 26.8. The van der Waals surface area contributed by atoms with Gasteiger partial charge in [0.1, 0.15) is 12.7 Å². The van der Waals surface area contributed by atoms with E-state index in [4.69, 9.17) is 23.7 Å². The lowest BCUT2D eigenvalue weighted by atomic mass is 10.0. The minimum atomic E-state index is -2.10. The lowest BCUT2D eigenvalue weighted by Gasteiger charge is -2.32. The van der Waals surface area contributed by atoms with Gasteiger partial charge >= 0.3 is 29.8 Å². The molecule has 0 bridgehead atoms. The number of hydrogen-bond acceptors (Lipinski definition) is 11. The normalized spacial score (nSPS) is 13.2. The molecular formula is C35H30O11. The molecule has 4 aromatic rings. The van der Waals surface area contributed by atoms with Gasteiger partial charge in [0.15, 0.2) is 12.2 Å². The van der Waals surface area contributed by atoms with Gasteiger partial charge in [0.05, 0.1) is 29.4 Å². The molecule has 4 rings (SSSR count). The fourth-order valence-electron chi connectivity index (χ4n) is 4.21. The maximum Gasteiger partial charge on any atom is 0.351 e. The van der Waals surface area contributed by atoms with Gasteiger partial charge in [-0.2, -0.15) is 0 Å². The van der Waals surface area contributed by atoms with E-state index in [1.807, 2.05) is 0 Å². The molecule has 0 saturated heterocycles. The number of aliphatic hydroxyl groups is 1. The third-order valence-electron chi connectivity index (χ3n) is 6.60. The number of carbonyl (C=O) groups is 5.